The minimum absolute atomic E-state index is 0.00875. The number of aryl methyl sites for hydroxylation is 1. The largest absolute Gasteiger partial charge is 0.497 e. The molecule has 1 aromatic carbocycles. The molecule has 0 atom stereocenters. The summed E-state index contributed by atoms with van der Waals surface area (Å²) < 4.78 is 7.08. The second-order valence-corrected chi connectivity index (χ2v) is 7.06. The number of nitrogens with zero attached hydrogens (tertiary/aromatic N) is 5. The number of amides is 1. The van der Waals surface area contributed by atoms with Crippen LogP contribution in [0.4, 0.5) is 11.5 Å². The molecule has 1 aliphatic heterocycles. The Morgan fingerprint density at radius 2 is 1.83 bits per heavy atom. The monoisotopic (exact) mass is 392 g/mol. The molecular weight excluding hydrogens is 368 g/mol. The zero-order chi connectivity index (χ0) is 20.2. The van der Waals surface area contributed by atoms with E-state index < -0.39 is 0 Å². The number of aromatic nitrogens is 4. The molecule has 0 unspecified atom stereocenters. The van der Waals surface area contributed by atoms with Crippen LogP contribution in [-0.4, -0.2) is 45.6 Å². The van der Waals surface area contributed by atoms with Gasteiger partial charge >= 0.3 is 0 Å². The Labute approximate surface area is 169 Å². The Balaban J connectivity index is 1.36. The van der Waals surface area contributed by atoms with E-state index in [1.807, 2.05) is 48.0 Å². The third-order valence-electron chi connectivity index (χ3n) is 5.26. The van der Waals surface area contributed by atoms with E-state index in [1.165, 1.54) is 0 Å². The average molecular weight is 392 g/mol. The summed E-state index contributed by atoms with van der Waals surface area (Å²) in [5.74, 6) is 3.37. The molecule has 1 saturated heterocycles. The summed E-state index contributed by atoms with van der Waals surface area (Å²) in [6.07, 6.45) is 6.78. The smallest absolute Gasteiger partial charge is 0.227 e. The maximum atomic E-state index is 12.6. The minimum atomic E-state index is -0.00875. The van der Waals surface area contributed by atoms with Gasteiger partial charge in [0.1, 0.15) is 29.5 Å². The zero-order valence-corrected chi connectivity index (χ0v) is 16.6. The van der Waals surface area contributed by atoms with Crippen LogP contribution < -0.4 is 15.0 Å². The van der Waals surface area contributed by atoms with E-state index in [1.54, 1.807) is 19.6 Å². The van der Waals surface area contributed by atoms with Crippen LogP contribution >= 0.6 is 0 Å². The van der Waals surface area contributed by atoms with Crippen molar-refractivity contribution < 1.29 is 9.53 Å². The summed E-state index contributed by atoms with van der Waals surface area (Å²) in [6, 6.07) is 9.35. The zero-order valence-electron chi connectivity index (χ0n) is 16.6. The van der Waals surface area contributed by atoms with Gasteiger partial charge in [-0.1, -0.05) is 0 Å². The van der Waals surface area contributed by atoms with Crippen LogP contribution in [0.15, 0.2) is 49.1 Å². The number of carbonyl (C=O) groups excluding carboxylic acids is 1. The summed E-state index contributed by atoms with van der Waals surface area (Å²) in [7, 11) is 1.62. The predicted octanol–water partition coefficient (Wildman–Crippen LogP) is 2.83. The van der Waals surface area contributed by atoms with Crippen LogP contribution in [-0.2, 0) is 4.79 Å². The van der Waals surface area contributed by atoms with E-state index in [0.29, 0.717) is 0 Å². The third kappa shape index (κ3) is 4.21. The van der Waals surface area contributed by atoms with Gasteiger partial charge in [-0.2, -0.15) is 0 Å². The summed E-state index contributed by atoms with van der Waals surface area (Å²) in [5, 5.41) is 3.00. The van der Waals surface area contributed by atoms with Gasteiger partial charge in [0.15, 0.2) is 0 Å². The second kappa shape index (κ2) is 8.30. The quantitative estimate of drug-likeness (QED) is 0.719. The van der Waals surface area contributed by atoms with Gasteiger partial charge in [0, 0.05) is 43.2 Å². The maximum absolute atomic E-state index is 12.6. The number of methoxy groups -OCH3 is 1. The molecule has 1 fully saturated rings. The Morgan fingerprint density at radius 1 is 1.10 bits per heavy atom. The van der Waals surface area contributed by atoms with E-state index in [0.717, 1.165) is 54.8 Å². The van der Waals surface area contributed by atoms with Crippen molar-refractivity contribution in [2.24, 2.45) is 5.92 Å². The van der Waals surface area contributed by atoms with Crippen LogP contribution in [0.1, 0.15) is 18.7 Å². The van der Waals surface area contributed by atoms with E-state index in [-0.39, 0.29) is 11.8 Å². The number of imidazole rings is 1. The fourth-order valence-corrected chi connectivity index (χ4v) is 3.55. The molecule has 8 heteroatoms. The molecule has 0 aliphatic carbocycles. The molecule has 2 aromatic heterocycles. The Morgan fingerprint density at radius 3 is 2.48 bits per heavy atom. The second-order valence-electron chi connectivity index (χ2n) is 7.06. The van der Waals surface area contributed by atoms with Gasteiger partial charge in [0.2, 0.25) is 5.91 Å². The van der Waals surface area contributed by atoms with E-state index in [9.17, 15) is 4.79 Å². The Bertz CT molecular complexity index is 977. The van der Waals surface area contributed by atoms with Crippen molar-refractivity contribution in [1.82, 2.24) is 19.5 Å². The molecule has 0 saturated carbocycles. The number of nitrogens with one attached hydrogen (secondary N) is 1. The van der Waals surface area contributed by atoms with Crippen molar-refractivity contribution in [3.05, 3.63) is 54.9 Å². The lowest BCUT2D eigenvalue weighted by Gasteiger charge is -2.32. The normalized spacial score (nSPS) is 14.6. The van der Waals surface area contributed by atoms with Crippen LogP contribution in [0.5, 0.6) is 5.75 Å². The number of carbonyl (C=O) groups is 1. The standard InChI is InChI=1S/C21H24N6O2/c1-15-22-9-12-27(15)20-13-19(23-14-24-20)26-10-7-16(8-11-26)21(28)25-17-3-5-18(29-2)6-4-17/h3-6,9,12-14,16H,7-8,10-11H2,1-2H3,(H,25,28). The average Bonchev–Trinajstić information content (AvgIpc) is 3.20. The van der Waals surface area contributed by atoms with Gasteiger partial charge < -0.3 is 15.0 Å². The van der Waals surface area contributed by atoms with Crippen molar-refractivity contribution in [2.75, 3.05) is 30.4 Å². The molecule has 3 aromatic rings. The van der Waals surface area contributed by atoms with Crippen molar-refractivity contribution in [3.8, 4) is 11.6 Å². The highest BCUT2D eigenvalue weighted by atomic mass is 16.5. The highest BCUT2D eigenvalue weighted by molar-refractivity contribution is 5.92. The predicted molar refractivity (Wildman–Crippen MR) is 110 cm³/mol. The summed E-state index contributed by atoms with van der Waals surface area (Å²) in [4.78, 5) is 27.8. The van der Waals surface area contributed by atoms with Gasteiger partial charge in [-0.25, -0.2) is 15.0 Å². The number of hydrogen-bond donors (Lipinski definition) is 1. The highest BCUT2D eigenvalue weighted by Crippen LogP contribution is 2.24. The number of hydrogen-bond acceptors (Lipinski definition) is 6. The molecule has 8 nitrogen and oxygen atoms in total. The van der Waals surface area contributed by atoms with Gasteiger partial charge in [-0.3, -0.25) is 9.36 Å². The van der Waals surface area contributed by atoms with Gasteiger partial charge in [-0.15, -0.1) is 0 Å². The summed E-state index contributed by atoms with van der Waals surface area (Å²) in [6.45, 7) is 3.49. The van der Waals surface area contributed by atoms with E-state index >= 15 is 0 Å². The molecule has 150 valence electrons. The Hall–Kier alpha value is -3.42. The van der Waals surface area contributed by atoms with Gasteiger partial charge in [-0.05, 0) is 44.0 Å². The molecule has 4 rings (SSSR count). The number of piperidine rings is 1. The number of anilines is 2. The lowest BCUT2D eigenvalue weighted by atomic mass is 9.96. The van der Waals surface area contributed by atoms with Crippen molar-refractivity contribution in [2.45, 2.75) is 19.8 Å². The SMILES string of the molecule is COc1ccc(NC(=O)C2CCN(c3cc(-n4ccnc4C)ncn3)CC2)cc1. The van der Waals surface area contributed by atoms with Crippen LogP contribution in [0.3, 0.4) is 0 Å². The van der Waals surface area contributed by atoms with Crippen molar-refractivity contribution in [1.29, 1.82) is 0 Å². The first-order valence-corrected chi connectivity index (χ1v) is 9.66. The number of rotatable bonds is 5. The maximum Gasteiger partial charge on any atom is 0.227 e. The lowest BCUT2D eigenvalue weighted by molar-refractivity contribution is -0.120. The van der Waals surface area contributed by atoms with Gasteiger partial charge in [0.05, 0.1) is 7.11 Å². The molecule has 0 bridgehead atoms. The van der Waals surface area contributed by atoms with E-state index in [4.69, 9.17) is 4.74 Å². The Kier molecular flexibility index (Phi) is 5.41. The molecular formula is C21H24N6O2. The molecule has 1 amide bonds. The summed E-state index contributed by atoms with van der Waals surface area (Å²) >= 11 is 0. The lowest BCUT2D eigenvalue weighted by Crippen LogP contribution is -2.38. The van der Waals surface area contributed by atoms with Crippen molar-refractivity contribution in [3.63, 3.8) is 0 Å². The van der Waals surface area contributed by atoms with Crippen LogP contribution in [0.2, 0.25) is 0 Å². The molecule has 0 spiro atoms. The fraction of sp³-hybridized carbons (Fsp3) is 0.333. The van der Waals surface area contributed by atoms with E-state index in [2.05, 4.69) is 25.2 Å². The topological polar surface area (TPSA) is 85.2 Å². The van der Waals surface area contributed by atoms with Crippen LogP contribution in [0, 0.1) is 12.8 Å². The highest BCUT2D eigenvalue weighted by Gasteiger charge is 2.26. The first kappa shape index (κ1) is 18.9. The number of ether oxygens (including phenoxy) is 1. The molecule has 29 heavy (non-hydrogen) atoms. The first-order chi connectivity index (χ1) is 14.1. The first-order valence-electron chi connectivity index (χ1n) is 9.66. The van der Waals surface area contributed by atoms with Crippen molar-refractivity contribution >= 4 is 17.4 Å². The third-order valence-corrected chi connectivity index (χ3v) is 5.26. The summed E-state index contributed by atoms with van der Waals surface area (Å²) in [5.41, 5.74) is 0.786. The minimum Gasteiger partial charge on any atom is -0.497 e. The van der Waals surface area contributed by atoms with Gasteiger partial charge in [0.25, 0.3) is 0 Å². The molecule has 1 aliphatic rings. The van der Waals surface area contributed by atoms with Crippen LogP contribution in [0.25, 0.3) is 5.82 Å². The fourth-order valence-electron chi connectivity index (χ4n) is 3.55. The molecule has 1 N–H and O–H groups in total. The number of benzene rings is 1. The molecule has 3 heterocycles. The molecule has 0 radical (unpaired) electrons.